The van der Waals surface area contributed by atoms with Gasteiger partial charge in [-0.1, -0.05) is 30.7 Å². The SMILES string of the molecule is O=C(c1ccc(C2CCC2)cc1)C1CCOC1. The molecule has 1 aromatic rings. The summed E-state index contributed by atoms with van der Waals surface area (Å²) in [6, 6.07) is 8.25. The number of benzene rings is 1. The minimum absolute atomic E-state index is 0.0875. The lowest BCUT2D eigenvalue weighted by molar-refractivity contribution is 0.0900. The first-order valence-corrected chi connectivity index (χ1v) is 6.56. The molecule has 0 bridgehead atoms. The summed E-state index contributed by atoms with van der Waals surface area (Å²) < 4.78 is 5.27. The van der Waals surface area contributed by atoms with E-state index < -0.39 is 0 Å². The predicted molar refractivity (Wildman–Crippen MR) is 66.3 cm³/mol. The van der Waals surface area contributed by atoms with Gasteiger partial charge in [-0.15, -0.1) is 0 Å². The molecule has 90 valence electrons. The number of hydrogen-bond acceptors (Lipinski definition) is 2. The Morgan fingerprint density at radius 1 is 1.12 bits per heavy atom. The standard InChI is InChI=1S/C15H18O2/c16-15(14-8-9-17-10-14)13-6-4-12(5-7-13)11-2-1-3-11/h4-7,11,14H,1-3,8-10H2. The molecular formula is C15H18O2. The average Bonchev–Trinajstić information content (AvgIpc) is 2.80. The zero-order valence-corrected chi connectivity index (χ0v) is 10.0. The first-order chi connectivity index (χ1) is 8.34. The van der Waals surface area contributed by atoms with Gasteiger partial charge in [0.2, 0.25) is 0 Å². The van der Waals surface area contributed by atoms with E-state index in [2.05, 4.69) is 12.1 Å². The molecule has 2 heteroatoms. The highest BCUT2D eigenvalue weighted by Gasteiger charge is 2.25. The Bertz CT molecular complexity index is 397. The van der Waals surface area contributed by atoms with E-state index >= 15 is 0 Å². The summed E-state index contributed by atoms with van der Waals surface area (Å²) in [6.07, 6.45) is 4.85. The van der Waals surface area contributed by atoms with Gasteiger partial charge in [0, 0.05) is 18.1 Å². The quantitative estimate of drug-likeness (QED) is 0.745. The molecule has 17 heavy (non-hydrogen) atoms. The van der Waals surface area contributed by atoms with Gasteiger partial charge in [0.1, 0.15) is 0 Å². The van der Waals surface area contributed by atoms with Crippen LogP contribution in [0.15, 0.2) is 24.3 Å². The highest BCUT2D eigenvalue weighted by Crippen LogP contribution is 2.36. The molecule has 1 unspecified atom stereocenters. The van der Waals surface area contributed by atoms with Crippen molar-refractivity contribution in [2.24, 2.45) is 5.92 Å². The zero-order chi connectivity index (χ0) is 11.7. The molecule has 0 amide bonds. The van der Waals surface area contributed by atoms with E-state index in [0.717, 1.165) is 24.5 Å². The van der Waals surface area contributed by atoms with E-state index in [9.17, 15) is 4.79 Å². The van der Waals surface area contributed by atoms with Crippen LogP contribution in [-0.4, -0.2) is 19.0 Å². The van der Waals surface area contributed by atoms with Gasteiger partial charge in [-0.2, -0.15) is 0 Å². The summed E-state index contributed by atoms with van der Waals surface area (Å²) in [4.78, 5) is 12.1. The van der Waals surface area contributed by atoms with Crippen LogP contribution in [0.4, 0.5) is 0 Å². The molecule has 1 aliphatic carbocycles. The second-order valence-electron chi connectivity index (χ2n) is 5.17. The molecule has 0 aromatic heterocycles. The molecule has 1 saturated heterocycles. The molecule has 0 radical (unpaired) electrons. The maximum Gasteiger partial charge on any atom is 0.168 e. The van der Waals surface area contributed by atoms with Gasteiger partial charge in [-0.05, 0) is 30.7 Å². The van der Waals surface area contributed by atoms with Crippen LogP contribution in [-0.2, 0) is 4.74 Å². The van der Waals surface area contributed by atoms with Crippen LogP contribution in [0.3, 0.4) is 0 Å². The molecule has 3 rings (SSSR count). The van der Waals surface area contributed by atoms with Crippen molar-refractivity contribution in [3.8, 4) is 0 Å². The summed E-state index contributed by atoms with van der Waals surface area (Å²) in [5.41, 5.74) is 2.25. The third kappa shape index (κ3) is 2.14. The molecule has 0 spiro atoms. The van der Waals surface area contributed by atoms with Crippen LogP contribution >= 0.6 is 0 Å². The van der Waals surface area contributed by atoms with E-state index in [-0.39, 0.29) is 11.7 Å². The van der Waals surface area contributed by atoms with Gasteiger partial charge in [-0.3, -0.25) is 4.79 Å². The molecule has 2 aliphatic rings. The molecule has 2 fully saturated rings. The van der Waals surface area contributed by atoms with E-state index in [1.807, 2.05) is 12.1 Å². The smallest absolute Gasteiger partial charge is 0.168 e. The number of hydrogen-bond donors (Lipinski definition) is 0. The largest absolute Gasteiger partial charge is 0.381 e. The minimum atomic E-state index is 0.0875. The number of Topliss-reactive ketones (excluding diaryl/α,β-unsaturated/α-hetero) is 1. The minimum Gasteiger partial charge on any atom is -0.381 e. The fourth-order valence-electron chi connectivity index (χ4n) is 2.64. The van der Waals surface area contributed by atoms with Crippen molar-refractivity contribution in [1.29, 1.82) is 0 Å². The van der Waals surface area contributed by atoms with Crippen LogP contribution in [0.1, 0.15) is 47.5 Å². The van der Waals surface area contributed by atoms with E-state index in [4.69, 9.17) is 4.74 Å². The van der Waals surface area contributed by atoms with Crippen molar-refractivity contribution in [1.82, 2.24) is 0 Å². The predicted octanol–water partition coefficient (Wildman–Crippen LogP) is 3.17. The fourth-order valence-corrected chi connectivity index (χ4v) is 2.64. The van der Waals surface area contributed by atoms with Crippen molar-refractivity contribution < 1.29 is 9.53 Å². The number of carbonyl (C=O) groups excluding carboxylic acids is 1. The van der Waals surface area contributed by atoms with Crippen molar-refractivity contribution in [3.05, 3.63) is 35.4 Å². The second-order valence-corrected chi connectivity index (χ2v) is 5.17. The lowest BCUT2D eigenvalue weighted by Gasteiger charge is -2.25. The second kappa shape index (κ2) is 4.61. The van der Waals surface area contributed by atoms with Gasteiger partial charge >= 0.3 is 0 Å². The Morgan fingerprint density at radius 3 is 2.41 bits per heavy atom. The molecule has 1 aliphatic heterocycles. The van der Waals surface area contributed by atoms with Gasteiger partial charge in [0.25, 0.3) is 0 Å². The molecular weight excluding hydrogens is 212 g/mol. The van der Waals surface area contributed by atoms with Crippen molar-refractivity contribution in [2.75, 3.05) is 13.2 Å². The summed E-state index contributed by atoms with van der Waals surface area (Å²) in [5, 5.41) is 0. The van der Waals surface area contributed by atoms with Crippen molar-refractivity contribution in [3.63, 3.8) is 0 Å². The van der Waals surface area contributed by atoms with Crippen LogP contribution in [0.2, 0.25) is 0 Å². The Kier molecular flexibility index (Phi) is 2.98. The van der Waals surface area contributed by atoms with Crippen LogP contribution < -0.4 is 0 Å². The van der Waals surface area contributed by atoms with Crippen molar-refractivity contribution >= 4 is 5.78 Å². The lowest BCUT2D eigenvalue weighted by atomic mass is 9.79. The third-order valence-electron chi connectivity index (χ3n) is 4.07. The molecule has 1 aromatic carbocycles. The number of rotatable bonds is 3. The Morgan fingerprint density at radius 2 is 1.88 bits per heavy atom. The van der Waals surface area contributed by atoms with Gasteiger partial charge in [0.05, 0.1) is 6.61 Å². The maximum absolute atomic E-state index is 12.1. The Balaban J connectivity index is 1.72. The average molecular weight is 230 g/mol. The Hall–Kier alpha value is -1.15. The lowest BCUT2D eigenvalue weighted by Crippen LogP contribution is -2.15. The summed E-state index contributed by atoms with van der Waals surface area (Å²) in [7, 11) is 0. The number of ketones is 1. The van der Waals surface area contributed by atoms with Crippen LogP contribution in [0.5, 0.6) is 0 Å². The topological polar surface area (TPSA) is 26.3 Å². The molecule has 0 N–H and O–H groups in total. The molecule has 1 atom stereocenters. The van der Waals surface area contributed by atoms with E-state index in [1.54, 1.807) is 0 Å². The van der Waals surface area contributed by atoms with Gasteiger partial charge in [0.15, 0.2) is 5.78 Å². The summed E-state index contributed by atoms with van der Waals surface area (Å²) in [5.74, 6) is 1.08. The van der Waals surface area contributed by atoms with Crippen molar-refractivity contribution in [2.45, 2.75) is 31.6 Å². The molecule has 1 heterocycles. The maximum atomic E-state index is 12.1. The van der Waals surface area contributed by atoms with Crippen LogP contribution in [0.25, 0.3) is 0 Å². The molecule has 1 saturated carbocycles. The number of ether oxygens (including phenoxy) is 1. The fraction of sp³-hybridized carbons (Fsp3) is 0.533. The van der Waals surface area contributed by atoms with Gasteiger partial charge < -0.3 is 4.74 Å². The first-order valence-electron chi connectivity index (χ1n) is 6.56. The summed E-state index contributed by atoms with van der Waals surface area (Å²) in [6.45, 7) is 1.33. The monoisotopic (exact) mass is 230 g/mol. The van der Waals surface area contributed by atoms with E-state index in [0.29, 0.717) is 6.61 Å². The van der Waals surface area contributed by atoms with Gasteiger partial charge in [-0.25, -0.2) is 0 Å². The number of carbonyl (C=O) groups is 1. The summed E-state index contributed by atoms with van der Waals surface area (Å²) >= 11 is 0. The highest BCUT2D eigenvalue weighted by atomic mass is 16.5. The normalized spacial score (nSPS) is 24.6. The molecule has 2 nitrogen and oxygen atoms in total. The third-order valence-corrected chi connectivity index (χ3v) is 4.07. The highest BCUT2D eigenvalue weighted by molar-refractivity contribution is 5.98. The Labute approximate surface area is 102 Å². The zero-order valence-electron chi connectivity index (χ0n) is 10.0. The van der Waals surface area contributed by atoms with Crippen LogP contribution in [0, 0.1) is 5.92 Å². The van der Waals surface area contributed by atoms with E-state index in [1.165, 1.54) is 24.8 Å². The first kappa shape index (κ1) is 11.0.